The lowest BCUT2D eigenvalue weighted by Crippen LogP contribution is -2.40. The molecule has 3 rings (SSSR count). The first-order valence-electron chi connectivity index (χ1n) is 6.65. The lowest BCUT2D eigenvalue weighted by molar-refractivity contribution is -0.144. The molecule has 126 valence electrons. The van der Waals surface area contributed by atoms with Crippen LogP contribution in [-0.2, 0) is 20.3 Å². The Balaban J connectivity index is 2.44. The van der Waals surface area contributed by atoms with Crippen LogP contribution in [0.4, 0.5) is 13.2 Å². The van der Waals surface area contributed by atoms with Crippen molar-refractivity contribution < 1.29 is 13.2 Å². The van der Waals surface area contributed by atoms with Gasteiger partial charge in [-0.1, -0.05) is 17.7 Å². The number of nitrogens with zero attached hydrogens (tertiary/aromatic N) is 4. The number of hydrogen-bond donors (Lipinski definition) is 0. The predicted octanol–water partition coefficient (Wildman–Crippen LogP) is 2.10. The van der Waals surface area contributed by atoms with Crippen molar-refractivity contribution in [1.29, 1.82) is 0 Å². The topological polar surface area (TPSA) is 61.8 Å². The molecule has 0 radical (unpaired) electrons. The van der Waals surface area contributed by atoms with Gasteiger partial charge in [0, 0.05) is 25.5 Å². The zero-order chi connectivity index (χ0) is 17.8. The largest absolute Gasteiger partial charge is 0.431 e. The molecule has 0 unspecified atom stereocenters. The Morgan fingerprint density at radius 2 is 1.83 bits per heavy atom. The first-order valence-corrected chi connectivity index (χ1v) is 7.02. The number of para-hydroxylation sites is 1. The van der Waals surface area contributed by atoms with Gasteiger partial charge in [-0.2, -0.15) is 18.3 Å². The standard InChI is InChI=1S/C14H10ClF3N4O2/c1-20-9(14(16,17)18)6-10(23)22(13(20)24)8-5-3-4-7-11(8)21(2)19-12(7)15/h3-6H,1-2H3. The van der Waals surface area contributed by atoms with E-state index in [-0.39, 0.29) is 10.8 Å². The summed E-state index contributed by atoms with van der Waals surface area (Å²) in [5.74, 6) is 0. The molecule has 0 aliphatic heterocycles. The maximum absolute atomic E-state index is 12.9. The van der Waals surface area contributed by atoms with Gasteiger partial charge < -0.3 is 0 Å². The van der Waals surface area contributed by atoms with E-state index in [4.69, 9.17) is 11.6 Å². The van der Waals surface area contributed by atoms with Crippen LogP contribution in [-0.4, -0.2) is 18.9 Å². The third kappa shape index (κ3) is 2.32. The van der Waals surface area contributed by atoms with Crippen LogP contribution in [0.2, 0.25) is 5.15 Å². The summed E-state index contributed by atoms with van der Waals surface area (Å²) in [6, 6.07) is 5.00. The van der Waals surface area contributed by atoms with E-state index in [0.717, 1.165) is 7.05 Å². The normalized spacial score (nSPS) is 12.1. The molecule has 24 heavy (non-hydrogen) atoms. The molecular weight excluding hydrogens is 349 g/mol. The number of aromatic nitrogens is 4. The SMILES string of the molecule is Cn1c(C(F)(F)F)cc(=O)n(-c2cccc3c(Cl)nn(C)c23)c1=O. The summed E-state index contributed by atoms with van der Waals surface area (Å²) in [6.45, 7) is 0. The summed E-state index contributed by atoms with van der Waals surface area (Å²) in [4.78, 5) is 24.6. The van der Waals surface area contributed by atoms with E-state index in [9.17, 15) is 22.8 Å². The van der Waals surface area contributed by atoms with E-state index in [0.29, 0.717) is 26.1 Å². The zero-order valence-corrected chi connectivity index (χ0v) is 13.2. The molecule has 3 aromatic rings. The van der Waals surface area contributed by atoms with E-state index < -0.39 is 23.1 Å². The molecule has 0 atom stereocenters. The van der Waals surface area contributed by atoms with Crippen molar-refractivity contribution >= 4 is 22.5 Å². The molecule has 0 bridgehead atoms. The number of aryl methyl sites for hydroxylation is 1. The van der Waals surface area contributed by atoms with Crippen molar-refractivity contribution in [3.63, 3.8) is 0 Å². The van der Waals surface area contributed by atoms with Crippen LogP contribution in [0.25, 0.3) is 16.6 Å². The van der Waals surface area contributed by atoms with E-state index >= 15 is 0 Å². The maximum Gasteiger partial charge on any atom is 0.431 e. The first-order chi connectivity index (χ1) is 11.1. The smallest absolute Gasteiger partial charge is 0.292 e. The minimum Gasteiger partial charge on any atom is -0.292 e. The van der Waals surface area contributed by atoms with Gasteiger partial charge in [0.05, 0.1) is 11.2 Å². The number of halogens is 4. The predicted molar refractivity (Wildman–Crippen MR) is 81.6 cm³/mol. The van der Waals surface area contributed by atoms with Crippen LogP contribution < -0.4 is 11.2 Å². The van der Waals surface area contributed by atoms with Crippen molar-refractivity contribution in [2.45, 2.75) is 6.18 Å². The van der Waals surface area contributed by atoms with Gasteiger partial charge in [0.25, 0.3) is 5.56 Å². The van der Waals surface area contributed by atoms with Crippen LogP contribution in [0.1, 0.15) is 5.69 Å². The minimum atomic E-state index is -4.81. The van der Waals surface area contributed by atoms with Gasteiger partial charge in [-0.05, 0) is 12.1 Å². The van der Waals surface area contributed by atoms with E-state index in [1.54, 1.807) is 13.1 Å². The molecule has 0 spiro atoms. The lowest BCUT2D eigenvalue weighted by atomic mass is 10.2. The Morgan fingerprint density at radius 1 is 1.17 bits per heavy atom. The fraction of sp³-hybridized carbons (Fsp3) is 0.214. The number of hydrogen-bond acceptors (Lipinski definition) is 3. The summed E-state index contributed by atoms with van der Waals surface area (Å²) in [5, 5.41) is 4.63. The molecule has 6 nitrogen and oxygen atoms in total. The van der Waals surface area contributed by atoms with E-state index in [1.165, 1.54) is 16.8 Å². The van der Waals surface area contributed by atoms with Gasteiger partial charge in [-0.3, -0.25) is 14.0 Å². The highest BCUT2D eigenvalue weighted by molar-refractivity contribution is 6.34. The van der Waals surface area contributed by atoms with Crippen molar-refractivity contribution in [3.8, 4) is 5.69 Å². The Morgan fingerprint density at radius 3 is 2.46 bits per heavy atom. The average Bonchev–Trinajstić information content (AvgIpc) is 2.78. The molecule has 1 aromatic carbocycles. The molecule has 0 fully saturated rings. The van der Waals surface area contributed by atoms with Crippen LogP contribution in [0.15, 0.2) is 33.9 Å². The molecule has 0 aliphatic carbocycles. The van der Waals surface area contributed by atoms with Gasteiger partial charge >= 0.3 is 11.9 Å². The van der Waals surface area contributed by atoms with Gasteiger partial charge in [-0.15, -0.1) is 0 Å². The van der Waals surface area contributed by atoms with Crippen LogP contribution in [0.3, 0.4) is 0 Å². The summed E-state index contributed by atoms with van der Waals surface area (Å²) < 4.78 is 41.2. The highest BCUT2D eigenvalue weighted by atomic mass is 35.5. The Labute approximate surface area is 137 Å². The number of rotatable bonds is 1. The highest BCUT2D eigenvalue weighted by Crippen LogP contribution is 2.28. The third-order valence-electron chi connectivity index (χ3n) is 3.65. The van der Waals surface area contributed by atoms with Crippen molar-refractivity contribution in [3.05, 3.63) is 56.0 Å². The molecule has 10 heteroatoms. The van der Waals surface area contributed by atoms with Crippen molar-refractivity contribution in [1.82, 2.24) is 18.9 Å². The summed E-state index contributed by atoms with van der Waals surface area (Å²) in [7, 11) is 2.51. The molecule has 0 saturated heterocycles. The summed E-state index contributed by atoms with van der Waals surface area (Å²) in [5.41, 5.74) is -3.05. The quantitative estimate of drug-likeness (QED) is 0.669. The second-order valence-electron chi connectivity index (χ2n) is 5.13. The fourth-order valence-electron chi connectivity index (χ4n) is 2.57. The average molecular weight is 359 g/mol. The zero-order valence-electron chi connectivity index (χ0n) is 12.4. The van der Waals surface area contributed by atoms with E-state index in [2.05, 4.69) is 5.10 Å². The Hall–Kier alpha value is -2.55. The molecule has 0 N–H and O–H groups in total. The van der Waals surface area contributed by atoms with Gasteiger partial charge in [0.2, 0.25) is 0 Å². The van der Waals surface area contributed by atoms with Gasteiger partial charge in [-0.25, -0.2) is 9.36 Å². The molecule has 2 heterocycles. The maximum atomic E-state index is 12.9. The second kappa shape index (κ2) is 5.23. The molecule has 0 saturated carbocycles. The first kappa shape index (κ1) is 16.3. The summed E-state index contributed by atoms with van der Waals surface area (Å²) >= 11 is 5.98. The van der Waals surface area contributed by atoms with Crippen LogP contribution in [0, 0.1) is 0 Å². The van der Waals surface area contributed by atoms with Crippen LogP contribution >= 0.6 is 11.6 Å². The van der Waals surface area contributed by atoms with Crippen molar-refractivity contribution in [2.75, 3.05) is 0 Å². The second-order valence-corrected chi connectivity index (χ2v) is 5.49. The molecule has 0 aliphatic rings. The monoisotopic (exact) mass is 358 g/mol. The number of benzene rings is 1. The van der Waals surface area contributed by atoms with Crippen LogP contribution in [0.5, 0.6) is 0 Å². The third-order valence-corrected chi connectivity index (χ3v) is 3.93. The molecule has 0 amide bonds. The lowest BCUT2D eigenvalue weighted by Gasteiger charge is -2.14. The van der Waals surface area contributed by atoms with Gasteiger partial charge in [0.15, 0.2) is 5.15 Å². The number of fused-ring (bicyclic) bond motifs is 1. The molecule has 2 aromatic heterocycles. The summed E-state index contributed by atoms with van der Waals surface area (Å²) in [6.07, 6.45) is -4.81. The van der Waals surface area contributed by atoms with Crippen molar-refractivity contribution in [2.24, 2.45) is 14.1 Å². The minimum absolute atomic E-state index is 0.105. The molecular formula is C14H10ClF3N4O2. The Bertz CT molecular complexity index is 1080. The van der Waals surface area contributed by atoms with E-state index in [1.807, 2.05) is 0 Å². The highest BCUT2D eigenvalue weighted by Gasteiger charge is 2.35. The fourth-order valence-corrected chi connectivity index (χ4v) is 2.84. The number of alkyl halides is 3. The van der Waals surface area contributed by atoms with Gasteiger partial charge in [0.1, 0.15) is 5.69 Å². The Kier molecular flexibility index (Phi) is 3.56.